The Bertz CT molecular complexity index is 1130. The number of nitriles is 1. The van der Waals surface area contributed by atoms with Crippen LogP contribution in [0.1, 0.15) is 37.5 Å². The fourth-order valence-electron chi connectivity index (χ4n) is 4.23. The molecule has 4 heterocycles. The third-order valence-corrected chi connectivity index (χ3v) is 5.89. The lowest BCUT2D eigenvalue weighted by Crippen LogP contribution is -2.33. The SMILES string of the molecule is N#Cc1cn[nH]c1-c1nc(NC2CCCC2)c2ncn([C@@H]3O[C@H](CO)C(O)C3O)c2n1. The molecule has 0 spiro atoms. The molecule has 31 heavy (non-hydrogen) atoms. The lowest BCUT2D eigenvalue weighted by molar-refractivity contribution is -0.0511. The fourth-order valence-corrected chi connectivity index (χ4v) is 4.23. The minimum Gasteiger partial charge on any atom is -0.394 e. The highest BCUT2D eigenvalue weighted by Gasteiger charge is 2.44. The first-order valence-corrected chi connectivity index (χ1v) is 10.2. The summed E-state index contributed by atoms with van der Waals surface area (Å²) in [4.78, 5) is 13.6. The van der Waals surface area contributed by atoms with Crippen LogP contribution in [-0.4, -0.2) is 76.0 Å². The molecule has 2 aliphatic rings. The van der Waals surface area contributed by atoms with Crippen molar-refractivity contribution in [1.29, 1.82) is 5.26 Å². The second kappa shape index (κ2) is 7.86. The van der Waals surface area contributed by atoms with Crippen LogP contribution in [0.4, 0.5) is 5.82 Å². The van der Waals surface area contributed by atoms with Gasteiger partial charge >= 0.3 is 0 Å². The van der Waals surface area contributed by atoms with Crippen LogP contribution >= 0.6 is 0 Å². The van der Waals surface area contributed by atoms with Gasteiger partial charge in [-0.3, -0.25) is 9.67 Å². The maximum Gasteiger partial charge on any atom is 0.183 e. The van der Waals surface area contributed by atoms with Gasteiger partial charge in [-0.05, 0) is 12.8 Å². The van der Waals surface area contributed by atoms with Crippen molar-refractivity contribution < 1.29 is 20.1 Å². The molecule has 0 bridgehead atoms. The number of rotatable bonds is 5. The van der Waals surface area contributed by atoms with Gasteiger partial charge in [0.15, 0.2) is 29.0 Å². The number of nitrogens with one attached hydrogen (secondary N) is 2. The van der Waals surface area contributed by atoms with Crippen molar-refractivity contribution >= 4 is 17.0 Å². The van der Waals surface area contributed by atoms with E-state index in [0.717, 1.165) is 25.7 Å². The molecule has 5 N–H and O–H groups in total. The summed E-state index contributed by atoms with van der Waals surface area (Å²) in [7, 11) is 0. The molecule has 1 saturated heterocycles. The monoisotopic (exact) mass is 426 g/mol. The molecular weight excluding hydrogens is 404 g/mol. The first-order valence-electron chi connectivity index (χ1n) is 10.2. The Kier molecular flexibility index (Phi) is 5.03. The van der Waals surface area contributed by atoms with Gasteiger partial charge in [-0.1, -0.05) is 12.8 Å². The fraction of sp³-hybridized carbons (Fsp3) is 0.526. The lowest BCUT2D eigenvalue weighted by atomic mass is 10.1. The molecule has 3 aromatic heterocycles. The van der Waals surface area contributed by atoms with Gasteiger partial charge in [-0.2, -0.15) is 10.4 Å². The molecule has 1 aliphatic heterocycles. The largest absolute Gasteiger partial charge is 0.394 e. The number of aromatic nitrogens is 6. The summed E-state index contributed by atoms with van der Waals surface area (Å²) in [5.74, 6) is 0.756. The van der Waals surface area contributed by atoms with Gasteiger partial charge in [0.1, 0.15) is 35.6 Å². The molecular formula is C19H22N8O4. The van der Waals surface area contributed by atoms with Crippen molar-refractivity contribution in [2.24, 2.45) is 0 Å². The normalized spacial score (nSPS) is 26.5. The zero-order valence-electron chi connectivity index (χ0n) is 16.5. The number of aromatic amines is 1. The molecule has 2 unspecified atom stereocenters. The number of H-pyrrole nitrogens is 1. The molecule has 1 saturated carbocycles. The van der Waals surface area contributed by atoms with Crippen LogP contribution in [0, 0.1) is 11.3 Å². The number of aliphatic hydroxyl groups excluding tert-OH is 3. The Morgan fingerprint density at radius 1 is 1.26 bits per heavy atom. The summed E-state index contributed by atoms with van der Waals surface area (Å²) < 4.78 is 7.16. The number of imidazole rings is 1. The Hall–Kier alpha value is -3.11. The number of ether oxygens (including phenoxy) is 1. The summed E-state index contributed by atoms with van der Waals surface area (Å²) >= 11 is 0. The molecule has 0 amide bonds. The van der Waals surface area contributed by atoms with Crippen molar-refractivity contribution in [3.63, 3.8) is 0 Å². The van der Waals surface area contributed by atoms with Crippen LogP contribution in [0.15, 0.2) is 12.5 Å². The predicted octanol–water partition coefficient (Wildman–Crippen LogP) is 0.0541. The highest BCUT2D eigenvalue weighted by molar-refractivity contribution is 5.85. The van der Waals surface area contributed by atoms with E-state index in [1.54, 1.807) is 0 Å². The van der Waals surface area contributed by atoms with Crippen molar-refractivity contribution in [2.75, 3.05) is 11.9 Å². The second-order valence-electron chi connectivity index (χ2n) is 7.84. The van der Waals surface area contributed by atoms with Crippen molar-refractivity contribution in [2.45, 2.75) is 56.3 Å². The van der Waals surface area contributed by atoms with Crippen LogP contribution in [0.3, 0.4) is 0 Å². The van der Waals surface area contributed by atoms with Gasteiger partial charge < -0.3 is 25.4 Å². The Morgan fingerprint density at radius 2 is 2.06 bits per heavy atom. The zero-order valence-corrected chi connectivity index (χ0v) is 16.5. The minimum atomic E-state index is -1.28. The molecule has 12 nitrogen and oxygen atoms in total. The summed E-state index contributed by atoms with van der Waals surface area (Å²) in [6.45, 7) is -0.435. The van der Waals surface area contributed by atoms with Gasteiger partial charge in [-0.15, -0.1) is 0 Å². The molecule has 162 valence electrons. The van der Waals surface area contributed by atoms with Crippen LogP contribution in [-0.2, 0) is 4.74 Å². The molecule has 0 aromatic carbocycles. The number of anilines is 1. The van der Waals surface area contributed by atoms with E-state index in [4.69, 9.17) is 4.74 Å². The summed E-state index contributed by atoms with van der Waals surface area (Å²) in [5, 5.41) is 49.5. The van der Waals surface area contributed by atoms with Crippen LogP contribution in [0.25, 0.3) is 22.7 Å². The molecule has 5 rings (SSSR count). The highest BCUT2D eigenvalue weighted by Crippen LogP contribution is 2.34. The third-order valence-electron chi connectivity index (χ3n) is 5.89. The smallest absolute Gasteiger partial charge is 0.183 e. The van der Waals surface area contributed by atoms with E-state index in [-0.39, 0.29) is 11.9 Å². The van der Waals surface area contributed by atoms with Gasteiger partial charge in [0.05, 0.1) is 19.1 Å². The van der Waals surface area contributed by atoms with E-state index in [1.165, 1.54) is 17.1 Å². The maximum absolute atomic E-state index is 10.5. The van der Waals surface area contributed by atoms with E-state index in [2.05, 4.69) is 36.5 Å². The van der Waals surface area contributed by atoms with Gasteiger partial charge in [0, 0.05) is 6.04 Å². The van der Waals surface area contributed by atoms with Crippen molar-refractivity contribution in [3.8, 4) is 17.6 Å². The topological polar surface area (TPSA) is 178 Å². The van der Waals surface area contributed by atoms with Crippen molar-refractivity contribution in [3.05, 3.63) is 18.1 Å². The van der Waals surface area contributed by atoms with Crippen molar-refractivity contribution in [1.82, 2.24) is 29.7 Å². The number of hydrogen-bond donors (Lipinski definition) is 5. The number of aliphatic hydroxyl groups is 3. The van der Waals surface area contributed by atoms with E-state index in [0.29, 0.717) is 28.2 Å². The third kappa shape index (κ3) is 3.31. The average Bonchev–Trinajstić information content (AvgIpc) is 3.56. The molecule has 0 radical (unpaired) electrons. The minimum absolute atomic E-state index is 0.246. The van der Waals surface area contributed by atoms with Crippen LogP contribution in [0.2, 0.25) is 0 Å². The summed E-state index contributed by atoms with van der Waals surface area (Å²) in [5.41, 5.74) is 1.50. The Labute approximate surface area is 176 Å². The van der Waals surface area contributed by atoms with Crippen LogP contribution in [0.5, 0.6) is 0 Å². The number of fused-ring (bicyclic) bond motifs is 1. The highest BCUT2D eigenvalue weighted by atomic mass is 16.6. The quantitative estimate of drug-likeness (QED) is 0.374. The Balaban J connectivity index is 1.63. The zero-order chi connectivity index (χ0) is 21.5. The second-order valence-corrected chi connectivity index (χ2v) is 7.84. The van der Waals surface area contributed by atoms with Gasteiger partial charge in [0.2, 0.25) is 0 Å². The van der Waals surface area contributed by atoms with E-state index < -0.39 is 31.1 Å². The van der Waals surface area contributed by atoms with E-state index in [9.17, 15) is 20.6 Å². The summed E-state index contributed by atoms with van der Waals surface area (Å²) in [6.07, 6.45) is 2.72. The lowest BCUT2D eigenvalue weighted by Gasteiger charge is -2.18. The van der Waals surface area contributed by atoms with Gasteiger partial charge in [-0.25, -0.2) is 15.0 Å². The first kappa shape index (κ1) is 19.8. The van der Waals surface area contributed by atoms with E-state index in [1.807, 2.05) is 0 Å². The maximum atomic E-state index is 10.5. The Morgan fingerprint density at radius 3 is 2.77 bits per heavy atom. The average molecular weight is 426 g/mol. The van der Waals surface area contributed by atoms with Crippen LogP contribution < -0.4 is 5.32 Å². The predicted molar refractivity (Wildman–Crippen MR) is 107 cm³/mol. The molecule has 12 heteroatoms. The molecule has 3 aromatic rings. The number of nitrogens with zero attached hydrogens (tertiary/aromatic N) is 6. The van der Waals surface area contributed by atoms with E-state index >= 15 is 0 Å². The number of hydrogen-bond acceptors (Lipinski definition) is 10. The molecule has 2 fully saturated rings. The first-order chi connectivity index (χ1) is 15.1. The standard InChI is InChI=1S/C19H22N8O4/c20-5-9-6-22-26-12(9)16-24-17(23-10-3-1-2-4-10)13-18(25-16)27(8-21-13)19-15(30)14(29)11(7-28)31-19/h6,8,10-11,14-15,19,28-30H,1-4,7H2,(H,22,26)(H,23,24,25)/t11-,14?,15?,19-/m1/s1. The molecule has 4 atom stereocenters. The summed E-state index contributed by atoms with van der Waals surface area (Å²) in [6, 6.07) is 2.31. The molecule has 1 aliphatic carbocycles. The van der Waals surface area contributed by atoms with Gasteiger partial charge in [0.25, 0.3) is 0 Å².